The van der Waals surface area contributed by atoms with E-state index in [0.717, 1.165) is 18.9 Å². The lowest BCUT2D eigenvalue weighted by atomic mass is 10.2. The van der Waals surface area contributed by atoms with Gasteiger partial charge in [0.05, 0.1) is 6.54 Å². The van der Waals surface area contributed by atoms with E-state index in [2.05, 4.69) is 22.5 Å². The van der Waals surface area contributed by atoms with Gasteiger partial charge in [-0.2, -0.15) is 0 Å². The van der Waals surface area contributed by atoms with E-state index in [4.69, 9.17) is 0 Å². The Balaban J connectivity index is 1.89. The predicted octanol–water partition coefficient (Wildman–Crippen LogP) is 1.07. The van der Waals surface area contributed by atoms with E-state index in [0.29, 0.717) is 19.6 Å². The summed E-state index contributed by atoms with van der Waals surface area (Å²) in [7, 11) is 0. The molecule has 0 unspecified atom stereocenters. The highest BCUT2D eigenvalue weighted by molar-refractivity contribution is 5.90. The fourth-order valence-corrected chi connectivity index (χ4v) is 2.62. The van der Waals surface area contributed by atoms with Gasteiger partial charge in [0.1, 0.15) is 5.82 Å². The number of aryl methyl sites for hydroxylation is 1. The predicted molar refractivity (Wildman–Crippen MR) is 90.2 cm³/mol. The van der Waals surface area contributed by atoms with Gasteiger partial charge in [-0.05, 0) is 37.6 Å². The SMILES string of the molecule is C=CC(=O)N(CC)CC(=O)N1CCN(c2cc(C)ccn2)CC1. The molecule has 124 valence electrons. The third-order valence-electron chi connectivity index (χ3n) is 4.05. The number of nitrogens with zero attached hydrogens (tertiary/aromatic N) is 4. The van der Waals surface area contributed by atoms with Gasteiger partial charge in [0.25, 0.3) is 0 Å². The quantitative estimate of drug-likeness (QED) is 0.763. The van der Waals surface area contributed by atoms with Crippen LogP contribution >= 0.6 is 0 Å². The van der Waals surface area contributed by atoms with Crippen LogP contribution in [-0.2, 0) is 9.59 Å². The zero-order chi connectivity index (χ0) is 16.8. The zero-order valence-electron chi connectivity index (χ0n) is 13.9. The summed E-state index contributed by atoms with van der Waals surface area (Å²) in [6.07, 6.45) is 3.06. The Bertz CT molecular complexity index is 580. The Hall–Kier alpha value is -2.37. The summed E-state index contributed by atoms with van der Waals surface area (Å²) in [5, 5.41) is 0. The van der Waals surface area contributed by atoms with E-state index in [1.165, 1.54) is 16.5 Å². The Kier molecular flexibility index (Phi) is 5.73. The molecule has 1 aromatic rings. The standard InChI is InChI=1S/C17H24N4O2/c1-4-16(22)19(5-2)13-17(23)21-10-8-20(9-11-21)15-12-14(3)6-7-18-15/h4,6-7,12H,1,5,8-11,13H2,2-3H3. The lowest BCUT2D eigenvalue weighted by molar-refractivity contribution is -0.138. The lowest BCUT2D eigenvalue weighted by Gasteiger charge is -2.36. The number of likely N-dealkylation sites (N-methyl/N-ethyl adjacent to an activating group) is 1. The molecule has 2 amide bonds. The highest BCUT2D eigenvalue weighted by Crippen LogP contribution is 2.14. The van der Waals surface area contributed by atoms with E-state index < -0.39 is 0 Å². The van der Waals surface area contributed by atoms with Gasteiger partial charge in [0.2, 0.25) is 11.8 Å². The number of carbonyl (C=O) groups is 2. The van der Waals surface area contributed by atoms with E-state index in [-0.39, 0.29) is 18.4 Å². The zero-order valence-corrected chi connectivity index (χ0v) is 13.9. The van der Waals surface area contributed by atoms with Crippen LogP contribution in [0.5, 0.6) is 0 Å². The summed E-state index contributed by atoms with van der Waals surface area (Å²) in [6, 6.07) is 4.03. The Morgan fingerprint density at radius 1 is 1.35 bits per heavy atom. The average Bonchev–Trinajstić information content (AvgIpc) is 2.59. The van der Waals surface area contributed by atoms with Crippen LogP contribution in [0.4, 0.5) is 5.82 Å². The van der Waals surface area contributed by atoms with E-state index in [1.807, 2.05) is 31.0 Å². The average molecular weight is 316 g/mol. The van der Waals surface area contributed by atoms with Crippen molar-refractivity contribution in [3.63, 3.8) is 0 Å². The summed E-state index contributed by atoms with van der Waals surface area (Å²) in [4.78, 5) is 33.9. The second kappa shape index (κ2) is 7.76. The second-order valence-electron chi connectivity index (χ2n) is 5.62. The first-order valence-corrected chi connectivity index (χ1v) is 7.92. The van der Waals surface area contributed by atoms with Crippen molar-refractivity contribution in [1.82, 2.24) is 14.8 Å². The van der Waals surface area contributed by atoms with Crippen molar-refractivity contribution in [2.45, 2.75) is 13.8 Å². The molecule has 0 aromatic carbocycles. The minimum absolute atomic E-state index is 0.0149. The molecule has 0 atom stereocenters. The molecule has 23 heavy (non-hydrogen) atoms. The van der Waals surface area contributed by atoms with Crippen molar-refractivity contribution in [3.05, 3.63) is 36.5 Å². The maximum Gasteiger partial charge on any atom is 0.246 e. The van der Waals surface area contributed by atoms with Gasteiger partial charge in [-0.15, -0.1) is 0 Å². The molecule has 1 aliphatic rings. The van der Waals surface area contributed by atoms with E-state index in [1.54, 1.807) is 0 Å². The van der Waals surface area contributed by atoms with Crippen molar-refractivity contribution in [2.24, 2.45) is 0 Å². The molecule has 1 fully saturated rings. The highest BCUT2D eigenvalue weighted by atomic mass is 16.2. The number of carbonyl (C=O) groups excluding carboxylic acids is 2. The number of piperazine rings is 1. The van der Waals surface area contributed by atoms with Gasteiger partial charge in [-0.3, -0.25) is 9.59 Å². The van der Waals surface area contributed by atoms with Crippen LogP contribution in [0.15, 0.2) is 31.0 Å². The topological polar surface area (TPSA) is 56.8 Å². The smallest absolute Gasteiger partial charge is 0.246 e. The molecule has 1 aromatic heterocycles. The van der Waals surface area contributed by atoms with Crippen molar-refractivity contribution < 1.29 is 9.59 Å². The van der Waals surface area contributed by atoms with Crippen LogP contribution in [-0.4, -0.2) is 65.9 Å². The second-order valence-corrected chi connectivity index (χ2v) is 5.62. The van der Waals surface area contributed by atoms with Crippen LogP contribution < -0.4 is 4.90 Å². The number of pyridine rings is 1. The molecule has 2 heterocycles. The first-order chi connectivity index (χ1) is 11.0. The van der Waals surface area contributed by atoms with Crippen LogP contribution in [0.25, 0.3) is 0 Å². The fraction of sp³-hybridized carbons (Fsp3) is 0.471. The molecule has 0 aliphatic carbocycles. The van der Waals surface area contributed by atoms with Crippen LogP contribution in [0.2, 0.25) is 0 Å². The molecular weight excluding hydrogens is 292 g/mol. The van der Waals surface area contributed by atoms with Gasteiger partial charge in [-0.1, -0.05) is 6.58 Å². The Morgan fingerprint density at radius 3 is 2.61 bits per heavy atom. The molecule has 0 saturated carbocycles. The molecule has 0 radical (unpaired) electrons. The largest absolute Gasteiger partial charge is 0.353 e. The molecule has 2 rings (SSSR count). The monoisotopic (exact) mass is 316 g/mol. The maximum atomic E-state index is 12.3. The molecule has 6 nitrogen and oxygen atoms in total. The van der Waals surface area contributed by atoms with Crippen LogP contribution in [0.1, 0.15) is 12.5 Å². The number of hydrogen-bond acceptors (Lipinski definition) is 4. The molecule has 0 N–H and O–H groups in total. The minimum atomic E-state index is -0.205. The third kappa shape index (κ3) is 4.31. The normalized spacial score (nSPS) is 14.5. The lowest BCUT2D eigenvalue weighted by Crippen LogP contribution is -2.52. The first-order valence-electron chi connectivity index (χ1n) is 7.92. The summed E-state index contributed by atoms with van der Waals surface area (Å²) in [5.74, 6) is 0.733. The van der Waals surface area contributed by atoms with Gasteiger partial charge in [-0.25, -0.2) is 4.98 Å². The van der Waals surface area contributed by atoms with E-state index in [9.17, 15) is 9.59 Å². The van der Waals surface area contributed by atoms with Crippen molar-refractivity contribution in [3.8, 4) is 0 Å². The fourth-order valence-electron chi connectivity index (χ4n) is 2.62. The summed E-state index contributed by atoms with van der Waals surface area (Å²) in [5.41, 5.74) is 1.18. The summed E-state index contributed by atoms with van der Waals surface area (Å²) >= 11 is 0. The number of rotatable bonds is 5. The molecule has 1 aliphatic heterocycles. The molecule has 6 heteroatoms. The van der Waals surface area contributed by atoms with Crippen molar-refractivity contribution in [1.29, 1.82) is 0 Å². The van der Waals surface area contributed by atoms with Gasteiger partial charge >= 0.3 is 0 Å². The van der Waals surface area contributed by atoms with E-state index >= 15 is 0 Å². The number of amides is 2. The number of anilines is 1. The first kappa shape index (κ1) is 17.0. The van der Waals surface area contributed by atoms with Crippen molar-refractivity contribution in [2.75, 3.05) is 44.2 Å². The summed E-state index contributed by atoms with van der Waals surface area (Å²) < 4.78 is 0. The Morgan fingerprint density at radius 2 is 2.04 bits per heavy atom. The molecule has 0 bridgehead atoms. The van der Waals surface area contributed by atoms with Crippen molar-refractivity contribution >= 4 is 17.6 Å². The number of hydrogen-bond donors (Lipinski definition) is 0. The Labute approximate surface area is 137 Å². The highest BCUT2D eigenvalue weighted by Gasteiger charge is 2.23. The number of aromatic nitrogens is 1. The summed E-state index contributed by atoms with van der Waals surface area (Å²) in [6.45, 7) is 10.8. The van der Waals surface area contributed by atoms with Crippen LogP contribution in [0.3, 0.4) is 0 Å². The maximum absolute atomic E-state index is 12.3. The minimum Gasteiger partial charge on any atom is -0.353 e. The van der Waals surface area contributed by atoms with Gasteiger partial charge < -0.3 is 14.7 Å². The van der Waals surface area contributed by atoms with Gasteiger partial charge in [0.15, 0.2) is 0 Å². The van der Waals surface area contributed by atoms with Crippen LogP contribution in [0, 0.1) is 6.92 Å². The molecular formula is C17H24N4O2. The third-order valence-corrected chi connectivity index (χ3v) is 4.05. The molecule has 0 spiro atoms. The van der Waals surface area contributed by atoms with Gasteiger partial charge in [0, 0.05) is 38.9 Å². The molecule has 1 saturated heterocycles.